The highest BCUT2D eigenvalue weighted by molar-refractivity contribution is 5.42. The Hall–Kier alpha value is -1.80. The molecular weight excluding hydrogens is 198 g/mol. The fourth-order valence-corrected chi connectivity index (χ4v) is 1.68. The van der Waals surface area contributed by atoms with Crippen LogP contribution >= 0.6 is 0 Å². The van der Waals surface area contributed by atoms with Crippen LogP contribution in [0.1, 0.15) is 11.1 Å². The largest absolute Gasteiger partial charge is 0.291 e. The van der Waals surface area contributed by atoms with E-state index in [9.17, 15) is 0 Å². The van der Waals surface area contributed by atoms with E-state index in [0.717, 1.165) is 18.5 Å². The van der Waals surface area contributed by atoms with Gasteiger partial charge in [-0.2, -0.15) is 0 Å². The molecule has 2 heteroatoms. The molecule has 0 aromatic heterocycles. The minimum absolute atomic E-state index is 0.725. The Morgan fingerprint density at radius 1 is 0.750 bits per heavy atom. The molecule has 0 saturated heterocycles. The van der Waals surface area contributed by atoms with E-state index in [0.29, 0.717) is 0 Å². The molecule has 2 N–H and O–H groups in total. The lowest BCUT2D eigenvalue weighted by Crippen LogP contribution is -1.92. The maximum absolute atomic E-state index is 8.69. The number of anilines is 1. The molecule has 0 radical (unpaired) electrons. The van der Waals surface area contributed by atoms with E-state index in [1.54, 1.807) is 0 Å². The van der Waals surface area contributed by atoms with Gasteiger partial charge < -0.3 is 0 Å². The van der Waals surface area contributed by atoms with Gasteiger partial charge in [-0.1, -0.05) is 42.5 Å². The van der Waals surface area contributed by atoms with Crippen molar-refractivity contribution >= 4 is 5.69 Å². The van der Waals surface area contributed by atoms with Gasteiger partial charge in [0.15, 0.2) is 0 Å². The first-order valence-corrected chi connectivity index (χ1v) is 5.41. The minimum Gasteiger partial charge on any atom is -0.291 e. The van der Waals surface area contributed by atoms with E-state index in [1.165, 1.54) is 11.1 Å². The van der Waals surface area contributed by atoms with Crippen LogP contribution in [-0.4, -0.2) is 5.21 Å². The van der Waals surface area contributed by atoms with Crippen molar-refractivity contribution in [1.82, 2.24) is 0 Å². The molecule has 0 spiro atoms. The quantitative estimate of drug-likeness (QED) is 0.764. The highest BCUT2D eigenvalue weighted by Crippen LogP contribution is 2.11. The summed E-state index contributed by atoms with van der Waals surface area (Å²) in [4.78, 5) is 0. The summed E-state index contributed by atoms with van der Waals surface area (Å²) in [6.07, 6.45) is 2.07. The summed E-state index contributed by atoms with van der Waals surface area (Å²) in [6, 6.07) is 18.3. The van der Waals surface area contributed by atoms with Crippen LogP contribution in [0.5, 0.6) is 0 Å². The molecule has 0 fully saturated rings. The summed E-state index contributed by atoms with van der Waals surface area (Å²) in [5, 5.41) is 8.69. The first-order chi connectivity index (χ1) is 7.88. The zero-order valence-corrected chi connectivity index (χ0v) is 9.06. The highest BCUT2D eigenvalue weighted by Gasteiger charge is 1.95. The standard InChI is InChI=1S/C14H15NO/c16-15-14-10-8-13(9-11-14)7-6-12-4-2-1-3-5-12/h1-5,8-11,15-16H,6-7H2. The van der Waals surface area contributed by atoms with Crippen LogP contribution in [0, 0.1) is 0 Å². The van der Waals surface area contributed by atoms with Gasteiger partial charge in [0.2, 0.25) is 0 Å². The van der Waals surface area contributed by atoms with Crippen molar-refractivity contribution in [3.8, 4) is 0 Å². The third-order valence-corrected chi connectivity index (χ3v) is 2.63. The second-order valence-corrected chi connectivity index (χ2v) is 3.79. The number of aryl methyl sites for hydroxylation is 2. The number of benzene rings is 2. The van der Waals surface area contributed by atoms with Crippen LogP contribution in [-0.2, 0) is 12.8 Å². The van der Waals surface area contributed by atoms with E-state index < -0.39 is 0 Å². The average Bonchev–Trinajstić information content (AvgIpc) is 2.38. The van der Waals surface area contributed by atoms with Crippen molar-refractivity contribution in [2.75, 3.05) is 5.48 Å². The molecule has 0 amide bonds. The zero-order chi connectivity index (χ0) is 11.2. The maximum atomic E-state index is 8.69. The summed E-state index contributed by atoms with van der Waals surface area (Å²) < 4.78 is 0. The third-order valence-electron chi connectivity index (χ3n) is 2.63. The molecule has 2 aromatic rings. The fraction of sp³-hybridized carbons (Fsp3) is 0.143. The van der Waals surface area contributed by atoms with Gasteiger partial charge in [0.1, 0.15) is 0 Å². The highest BCUT2D eigenvalue weighted by atomic mass is 16.5. The topological polar surface area (TPSA) is 32.3 Å². The molecule has 0 aliphatic carbocycles. The molecule has 2 aromatic carbocycles. The van der Waals surface area contributed by atoms with Gasteiger partial charge in [-0.05, 0) is 36.1 Å². The Bertz CT molecular complexity index is 422. The van der Waals surface area contributed by atoms with E-state index in [4.69, 9.17) is 5.21 Å². The Morgan fingerprint density at radius 3 is 1.88 bits per heavy atom. The van der Waals surface area contributed by atoms with Gasteiger partial charge in [0.05, 0.1) is 5.69 Å². The van der Waals surface area contributed by atoms with Crippen LogP contribution in [0.25, 0.3) is 0 Å². The smallest absolute Gasteiger partial charge is 0.0602 e. The maximum Gasteiger partial charge on any atom is 0.0602 e. The molecule has 0 saturated carbocycles. The number of hydrogen-bond acceptors (Lipinski definition) is 2. The van der Waals surface area contributed by atoms with Gasteiger partial charge in [0.25, 0.3) is 0 Å². The van der Waals surface area contributed by atoms with Crippen LogP contribution in [0.2, 0.25) is 0 Å². The van der Waals surface area contributed by atoms with Crippen LogP contribution in [0.15, 0.2) is 54.6 Å². The summed E-state index contributed by atoms with van der Waals surface area (Å²) in [5.41, 5.74) is 5.49. The Morgan fingerprint density at radius 2 is 1.31 bits per heavy atom. The van der Waals surface area contributed by atoms with Gasteiger partial charge in [-0.3, -0.25) is 10.7 Å². The van der Waals surface area contributed by atoms with Crippen molar-refractivity contribution < 1.29 is 5.21 Å². The molecule has 0 heterocycles. The second kappa shape index (κ2) is 5.33. The molecule has 0 unspecified atom stereocenters. The molecule has 2 nitrogen and oxygen atoms in total. The van der Waals surface area contributed by atoms with Crippen LogP contribution in [0.4, 0.5) is 5.69 Å². The fourth-order valence-electron chi connectivity index (χ4n) is 1.68. The van der Waals surface area contributed by atoms with Crippen molar-refractivity contribution in [3.05, 3.63) is 65.7 Å². The Labute approximate surface area is 95.5 Å². The molecule has 0 aliphatic rings. The first-order valence-electron chi connectivity index (χ1n) is 5.41. The van der Waals surface area contributed by atoms with Crippen molar-refractivity contribution in [2.24, 2.45) is 0 Å². The molecule has 0 aliphatic heterocycles. The summed E-state index contributed by atoms with van der Waals surface area (Å²) >= 11 is 0. The van der Waals surface area contributed by atoms with E-state index in [2.05, 4.69) is 29.7 Å². The summed E-state index contributed by atoms with van der Waals surface area (Å²) in [7, 11) is 0. The second-order valence-electron chi connectivity index (χ2n) is 3.79. The van der Waals surface area contributed by atoms with E-state index in [1.807, 2.05) is 30.3 Å². The lowest BCUT2D eigenvalue weighted by atomic mass is 10.0. The number of rotatable bonds is 4. The summed E-state index contributed by atoms with van der Waals surface area (Å²) in [6.45, 7) is 0. The minimum atomic E-state index is 0.725. The monoisotopic (exact) mass is 213 g/mol. The molecule has 0 bridgehead atoms. The average molecular weight is 213 g/mol. The first kappa shape index (κ1) is 10.7. The predicted molar refractivity (Wildman–Crippen MR) is 65.7 cm³/mol. The van der Waals surface area contributed by atoms with Crippen molar-refractivity contribution in [1.29, 1.82) is 0 Å². The molecule has 82 valence electrons. The van der Waals surface area contributed by atoms with Gasteiger partial charge in [-0.15, -0.1) is 0 Å². The van der Waals surface area contributed by atoms with Crippen molar-refractivity contribution in [2.45, 2.75) is 12.8 Å². The van der Waals surface area contributed by atoms with Gasteiger partial charge >= 0.3 is 0 Å². The molecule has 16 heavy (non-hydrogen) atoms. The van der Waals surface area contributed by atoms with E-state index in [-0.39, 0.29) is 0 Å². The van der Waals surface area contributed by atoms with Gasteiger partial charge in [-0.25, -0.2) is 0 Å². The Kier molecular flexibility index (Phi) is 3.57. The number of nitrogens with one attached hydrogen (secondary N) is 1. The normalized spacial score (nSPS) is 10.1. The Balaban J connectivity index is 1.94. The van der Waals surface area contributed by atoms with Crippen LogP contribution < -0.4 is 5.48 Å². The third kappa shape index (κ3) is 2.84. The van der Waals surface area contributed by atoms with Crippen LogP contribution in [0.3, 0.4) is 0 Å². The molecule has 0 atom stereocenters. The summed E-state index contributed by atoms with van der Waals surface area (Å²) in [5.74, 6) is 0. The molecule has 2 rings (SSSR count). The SMILES string of the molecule is ONc1ccc(CCc2ccccc2)cc1. The van der Waals surface area contributed by atoms with Gasteiger partial charge in [0, 0.05) is 0 Å². The zero-order valence-electron chi connectivity index (χ0n) is 9.06. The lowest BCUT2D eigenvalue weighted by Gasteiger charge is -2.03. The lowest BCUT2D eigenvalue weighted by molar-refractivity contribution is 0.389. The number of hydrogen-bond donors (Lipinski definition) is 2. The van der Waals surface area contributed by atoms with E-state index >= 15 is 0 Å². The predicted octanol–water partition coefficient (Wildman–Crippen LogP) is 3.27. The molecular formula is C14H15NO. The van der Waals surface area contributed by atoms with Crippen molar-refractivity contribution in [3.63, 3.8) is 0 Å².